The van der Waals surface area contributed by atoms with E-state index in [2.05, 4.69) is 5.32 Å². The Morgan fingerprint density at radius 3 is 2.60 bits per heavy atom. The molecule has 25 heavy (non-hydrogen) atoms. The standard InChI is InChI=1S/C19H22ClFN2O2/c1-23(12-13-25-17-8-6-16(21)7-9-17)11-10-19(24)22-14-15-4-2-3-5-18(15)20/h2-9H,10-14H2,1H3,(H,22,24). The van der Waals surface area contributed by atoms with Crippen molar-refractivity contribution in [1.82, 2.24) is 10.2 Å². The first kappa shape index (κ1) is 19.2. The molecule has 2 aromatic carbocycles. The highest BCUT2D eigenvalue weighted by Gasteiger charge is 2.06. The SMILES string of the molecule is CN(CCOc1ccc(F)cc1)CCC(=O)NCc1ccccc1Cl. The average Bonchev–Trinajstić information content (AvgIpc) is 2.61. The van der Waals surface area contributed by atoms with E-state index in [0.29, 0.717) is 43.4 Å². The van der Waals surface area contributed by atoms with Crippen molar-refractivity contribution in [2.75, 3.05) is 26.7 Å². The minimum atomic E-state index is -0.285. The molecule has 2 aromatic rings. The molecule has 0 aliphatic rings. The summed E-state index contributed by atoms with van der Waals surface area (Å²) < 4.78 is 18.3. The van der Waals surface area contributed by atoms with E-state index in [-0.39, 0.29) is 11.7 Å². The molecule has 0 saturated heterocycles. The van der Waals surface area contributed by atoms with Crippen molar-refractivity contribution in [3.8, 4) is 5.75 Å². The molecule has 0 spiro atoms. The highest BCUT2D eigenvalue weighted by molar-refractivity contribution is 6.31. The second-order valence-corrected chi connectivity index (χ2v) is 6.13. The zero-order valence-electron chi connectivity index (χ0n) is 14.2. The Kier molecular flexibility index (Phi) is 7.70. The van der Waals surface area contributed by atoms with Gasteiger partial charge in [0.05, 0.1) is 0 Å². The minimum absolute atomic E-state index is 0.0220. The van der Waals surface area contributed by atoms with Crippen LogP contribution in [-0.2, 0) is 11.3 Å². The molecule has 6 heteroatoms. The monoisotopic (exact) mass is 364 g/mol. The fourth-order valence-corrected chi connectivity index (χ4v) is 2.38. The van der Waals surface area contributed by atoms with Crippen molar-refractivity contribution < 1.29 is 13.9 Å². The molecule has 0 saturated carbocycles. The maximum atomic E-state index is 12.8. The van der Waals surface area contributed by atoms with Crippen LogP contribution < -0.4 is 10.1 Å². The number of nitrogens with zero attached hydrogens (tertiary/aromatic N) is 1. The van der Waals surface area contributed by atoms with Gasteiger partial charge in [0.25, 0.3) is 0 Å². The number of amides is 1. The first-order valence-corrected chi connectivity index (χ1v) is 8.49. The molecule has 0 aliphatic heterocycles. The van der Waals surface area contributed by atoms with Crippen molar-refractivity contribution >= 4 is 17.5 Å². The molecule has 0 heterocycles. The Morgan fingerprint density at radius 1 is 1.16 bits per heavy atom. The third-order valence-electron chi connectivity index (χ3n) is 3.71. The van der Waals surface area contributed by atoms with E-state index >= 15 is 0 Å². The van der Waals surface area contributed by atoms with Gasteiger partial charge in [-0.25, -0.2) is 4.39 Å². The van der Waals surface area contributed by atoms with Crippen molar-refractivity contribution in [2.45, 2.75) is 13.0 Å². The fraction of sp³-hybridized carbons (Fsp3) is 0.316. The molecule has 1 amide bonds. The van der Waals surface area contributed by atoms with Gasteiger partial charge < -0.3 is 15.0 Å². The van der Waals surface area contributed by atoms with Gasteiger partial charge in [-0.2, -0.15) is 0 Å². The molecule has 0 unspecified atom stereocenters. The van der Waals surface area contributed by atoms with E-state index in [0.717, 1.165) is 5.56 Å². The molecule has 2 rings (SSSR count). The summed E-state index contributed by atoms with van der Waals surface area (Å²) in [6.45, 7) is 2.20. The summed E-state index contributed by atoms with van der Waals surface area (Å²) in [6.07, 6.45) is 0.400. The van der Waals surface area contributed by atoms with Crippen LogP contribution in [0.3, 0.4) is 0 Å². The van der Waals surface area contributed by atoms with Crippen LogP contribution in [0.4, 0.5) is 4.39 Å². The molecular weight excluding hydrogens is 343 g/mol. The number of rotatable bonds is 9. The van der Waals surface area contributed by atoms with Gasteiger partial charge in [0, 0.05) is 31.1 Å². The number of carbonyl (C=O) groups excluding carboxylic acids is 1. The predicted octanol–water partition coefficient (Wildman–Crippen LogP) is 3.50. The van der Waals surface area contributed by atoms with Crippen molar-refractivity contribution in [3.63, 3.8) is 0 Å². The smallest absolute Gasteiger partial charge is 0.221 e. The third-order valence-corrected chi connectivity index (χ3v) is 4.08. The molecule has 1 N–H and O–H groups in total. The van der Waals surface area contributed by atoms with Gasteiger partial charge in [0.1, 0.15) is 18.2 Å². The summed E-state index contributed by atoms with van der Waals surface area (Å²) in [7, 11) is 1.93. The molecule has 4 nitrogen and oxygen atoms in total. The van der Waals surface area contributed by atoms with Gasteiger partial charge in [0.2, 0.25) is 5.91 Å². The number of halogens is 2. The van der Waals surface area contributed by atoms with Crippen LogP contribution in [0.5, 0.6) is 5.75 Å². The van der Waals surface area contributed by atoms with Crippen LogP contribution in [0.25, 0.3) is 0 Å². The predicted molar refractivity (Wildman–Crippen MR) is 97.3 cm³/mol. The Labute approximate surface area is 152 Å². The van der Waals surface area contributed by atoms with Gasteiger partial charge in [0.15, 0.2) is 0 Å². The van der Waals surface area contributed by atoms with Crippen LogP contribution >= 0.6 is 11.6 Å². The largest absolute Gasteiger partial charge is 0.492 e. The summed E-state index contributed by atoms with van der Waals surface area (Å²) in [4.78, 5) is 13.9. The van der Waals surface area contributed by atoms with E-state index in [1.165, 1.54) is 12.1 Å². The lowest BCUT2D eigenvalue weighted by Crippen LogP contribution is -2.30. The summed E-state index contributed by atoms with van der Waals surface area (Å²) in [6, 6.07) is 13.4. The van der Waals surface area contributed by atoms with E-state index in [1.807, 2.05) is 30.1 Å². The lowest BCUT2D eigenvalue weighted by atomic mass is 10.2. The fourth-order valence-electron chi connectivity index (χ4n) is 2.18. The Morgan fingerprint density at radius 2 is 1.88 bits per heavy atom. The van der Waals surface area contributed by atoms with Crippen molar-refractivity contribution in [3.05, 3.63) is 64.9 Å². The molecule has 0 bridgehead atoms. The minimum Gasteiger partial charge on any atom is -0.492 e. The number of nitrogens with one attached hydrogen (secondary N) is 1. The van der Waals surface area contributed by atoms with Gasteiger partial charge in [-0.1, -0.05) is 29.8 Å². The maximum Gasteiger partial charge on any atom is 0.221 e. The maximum absolute atomic E-state index is 12.8. The van der Waals surface area contributed by atoms with E-state index < -0.39 is 0 Å². The zero-order chi connectivity index (χ0) is 18.1. The van der Waals surface area contributed by atoms with Crippen LogP contribution in [0.15, 0.2) is 48.5 Å². The molecule has 0 aliphatic carbocycles. The van der Waals surface area contributed by atoms with Crippen LogP contribution in [0, 0.1) is 5.82 Å². The van der Waals surface area contributed by atoms with Crippen LogP contribution in [-0.4, -0.2) is 37.6 Å². The number of carbonyl (C=O) groups is 1. The lowest BCUT2D eigenvalue weighted by molar-refractivity contribution is -0.121. The summed E-state index contributed by atoms with van der Waals surface area (Å²) in [5.41, 5.74) is 0.901. The highest BCUT2D eigenvalue weighted by atomic mass is 35.5. The Balaban J connectivity index is 1.60. The quantitative estimate of drug-likeness (QED) is 0.740. The average molecular weight is 365 g/mol. The highest BCUT2D eigenvalue weighted by Crippen LogP contribution is 2.14. The van der Waals surface area contributed by atoms with Crippen LogP contribution in [0.1, 0.15) is 12.0 Å². The number of hydrogen-bond donors (Lipinski definition) is 1. The number of benzene rings is 2. The summed E-state index contributed by atoms with van der Waals surface area (Å²) >= 11 is 6.06. The molecule has 134 valence electrons. The molecule has 0 fully saturated rings. The topological polar surface area (TPSA) is 41.6 Å². The molecule has 0 atom stereocenters. The molecular formula is C19H22ClFN2O2. The van der Waals surface area contributed by atoms with E-state index in [4.69, 9.17) is 16.3 Å². The second kappa shape index (κ2) is 10.0. The van der Waals surface area contributed by atoms with Gasteiger partial charge in [-0.15, -0.1) is 0 Å². The first-order chi connectivity index (χ1) is 12.0. The molecule has 0 radical (unpaired) electrons. The third kappa shape index (κ3) is 7.11. The first-order valence-electron chi connectivity index (χ1n) is 8.11. The van der Waals surface area contributed by atoms with Crippen molar-refractivity contribution in [2.24, 2.45) is 0 Å². The van der Waals surface area contributed by atoms with Gasteiger partial charge >= 0.3 is 0 Å². The Hall–Kier alpha value is -2.11. The number of likely N-dealkylation sites (N-methyl/N-ethyl adjacent to an activating group) is 1. The second-order valence-electron chi connectivity index (χ2n) is 5.72. The lowest BCUT2D eigenvalue weighted by Gasteiger charge is -2.17. The van der Waals surface area contributed by atoms with E-state index in [9.17, 15) is 9.18 Å². The number of ether oxygens (including phenoxy) is 1. The Bertz CT molecular complexity index is 679. The summed E-state index contributed by atoms with van der Waals surface area (Å²) in [5, 5.41) is 3.52. The zero-order valence-corrected chi connectivity index (χ0v) is 14.9. The molecule has 0 aromatic heterocycles. The summed E-state index contributed by atoms with van der Waals surface area (Å²) in [5.74, 6) is 0.325. The van der Waals surface area contributed by atoms with Crippen LogP contribution in [0.2, 0.25) is 5.02 Å². The van der Waals surface area contributed by atoms with E-state index in [1.54, 1.807) is 18.2 Å². The van der Waals surface area contributed by atoms with Crippen molar-refractivity contribution in [1.29, 1.82) is 0 Å². The van der Waals surface area contributed by atoms with Gasteiger partial charge in [-0.3, -0.25) is 4.79 Å². The normalized spacial score (nSPS) is 10.7. The number of hydrogen-bond acceptors (Lipinski definition) is 3. The van der Waals surface area contributed by atoms with Gasteiger partial charge in [-0.05, 0) is 42.9 Å².